The van der Waals surface area contributed by atoms with Gasteiger partial charge < -0.3 is 24.2 Å². The highest BCUT2D eigenvalue weighted by Crippen LogP contribution is 2.40. The molecule has 1 saturated heterocycles. The van der Waals surface area contributed by atoms with Crippen LogP contribution < -0.4 is 19.7 Å². The van der Waals surface area contributed by atoms with Crippen molar-refractivity contribution in [3.05, 3.63) is 30.1 Å². The molecular weight excluding hydrogens is 467 g/mol. The Hall–Kier alpha value is -3.51. The number of piperidine rings is 1. The van der Waals surface area contributed by atoms with E-state index < -0.39 is 6.36 Å². The minimum Gasteiger partial charge on any atom is -0.424 e. The van der Waals surface area contributed by atoms with E-state index in [9.17, 15) is 13.2 Å². The summed E-state index contributed by atoms with van der Waals surface area (Å²) in [6, 6.07) is 6.14. The highest BCUT2D eigenvalue weighted by atomic mass is 19.4. The summed E-state index contributed by atoms with van der Waals surface area (Å²) in [4.78, 5) is 11.0. The number of alkyl halides is 3. The first-order chi connectivity index (χ1) is 16.6. The number of fused-ring (bicyclic) bond motifs is 2. The van der Waals surface area contributed by atoms with E-state index in [1.54, 1.807) is 11.6 Å². The van der Waals surface area contributed by atoms with Crippen molar-refractivity contribution >= 4 is 12.0 Å². The number of halogens is 3. The van der Waals surface area contributed by atoms with Gasteiger partial charge in [-0.2, -0.15) is 9.97 Å². The fourth-order valence-electron chi connectivity index (χ4n) is 4.79. The molecule has 1 N–H and O–H groups in total. The number of anilines is 2. The Labute approximate surface area is 199 Å². The Morgan fingerprint density at radius 3 is 2.46 bits per heavy atom. The lowest BCUT2D eigenvalue weighted by Crippen LogP contribution is -2.48. The second kappa shape index (κ2) is 8.93. The zero-order valence-electron chi connectivity index (χ0n) is 19.5. The molecule has 1 aliphatic carbocycles. The smallest absolute Gasteiger partial charge is 0.424 e. The van der Waals surface area contributed by atoms with Crippen molar-refractivity contribution in [2.24, 2.45) is 11.8 Å². The van der Waals surface area contributed by atoms with Gasteiger partial charge in [0.1, 0.15) is 11.5 Å². The van der Waals surface area contributed by atoms with Crippen molar-refractivity contribution in [3.63, 3.8) is 0 Å². The lowest BCUT2D eigenvalue weighted by molar-refractivity contribution is -0.274. The summed E-state index contributed by atoms with van der Waals surface area (Å²) < 4.78 is 54.5. The van der Waals surface area contributed by atoms with Gasteiger partial charge in [0, 0.05) is 25.2 Å². The molecule has 1 saturated carbocycles. The molecule has 188 valence electrons. The zero-order chi connectivity index (χ0) is 24.7. The Morgan fingerprint density at radius 1 is 1.11 bits per heavy atom. The molecule has 1 aromatic carbocycles. The normalized spacial score (nSPS) is 22.0. The van der Waals surface area contributed by atoms with Gasteiger partial charge in [-0.3, -0.25) is 0 Å². The van der Waals surface area contributed by atoms with Crippen molar-refractivity contribution in [3.8, 4) is 17.5 Å². The maximum atomic E-state index is 12.6. The monoisotopic (exact) mass is 493 g/mol. The van der Waals surface area contributed by atoms with Gasteiger partial charge in [-0.15, -0.1) is 18.3 Å². The average molecular weight is 493 g/mol. The van der Waals surface area contributed by atoms with Crippen LogP contribution in [0.25, 0.3) is 0 Å². The van der Waals surface area contributed by atoms with E-state index in [-0.39, 0.29) is 29.6 Å². The largest absolute Gasteiger partial charge is 0.573 e. The third kappa shape index (κ3) is 5.13. The number of hydrogen-bond acceptors (Lipinski definition) is 9. The predicted molar refractivity (Wildman–Crippen MR) is 118 cm³/mol. The number of rotatable bonds is 7. The molecule has 0 amide bonds. The number of nitrogens with one attached hydrogen (secondary N) is 1. The van der Waals surface area contributed by atoms with E-state index in [0.717, 1.165) is 32.0 Å². The highest BCUT2D eigenvalue weighted by Gasteiger charge is 2.44. The fraction of sp³-hybridized carbons (Fsp3) is 0.545. The lowest BCUT2D eigenvalue weighted by atomic mass is 9.92. The van der Waals surface area contributed by atoms with Crippen molar-refractivity contribution in [2.45, 2.75) is 52.1 Å². The van der Waals surface area contributed by atoms with E-state index in [1.165, 1.54) is 18.2 Å². The van der Waals surface area contributed by atoms with Crippen LogP contribution in [0.15, 0.2) is 28.8 Å². The summed E-state index contributed by atoms with van der Waals surface area (Å²) in [7, 11) is 0. The molecule has 3 aromatic rings. The molecule has 1 unspecified atom stereocenters. The summed E-state index contributed by atoms with van der Waals surface area (Å²) in [5, 5.41) is 11.9. The molecule has 10 nitrogen and oxygen atoms in total. The Morgan fingerprint density at radius 2 is 1.83 bits per heavy atom. The predicted octanol–water partition coefficient (Wildman–Crippen LogP) is 4.57. The SMILES string of the molecule is Cc1noc(N2C[C@H]3CC[C@@H](C2)C3Nc2nc(Oc3cccc(OC(F)(F)F)c3)n(C(C)C)n2)n1. The summed E-state index contributed by atoms with van der Waals surface area (Å²) >= 11 is 0. The van der Waals surface area contributed by atoms with Crippen LogP contribution in [0.5, 0.6) is 17.5 Å². The number of nitrogens with zero attached hydrogens (tertiary/aromatic N) is 6. The number of benzene rings is 1. The molecule has 0 spiro atoms. The summed E-state index contributed by atoms with van der Waals surface area (Å²) in [5.74, 6) is 1.53. The third-order valence-corrected chi connectivity index (χ3v) is 6.25. The molecule has 0 radical (unpaired) electrons. The van der Waals surface area contributed by atoms with E-state index in [2.05, 4.69) is 35.2 Å². The molecule has 2 aliphatic rings. The van der Waals surface area contributed by atoms with Crippen LogP contribution in [0.1, 0.15) is 38.6 Å². The van der Waals surface area contributed by atoms with Gasteiger partial charge in [0.25, 0.3) is 0 Å². The van der Waals surface area contributed by atoms with Crippen LogP contribution in [0.4, 0.5) is 25.1 Å². The van der Waals surface area contributed by atoms with Crippen LogP contribution in [-0.2, 0) is 0 Å². The lowest BCUT2D eigenvalue weighted by Gasteiger charge is -2.37. The first-order valence-electron chi connectivity index (χ1n) is 11.5. The first-order valence-corrected chi connectivity index (χ1v) is 11.5. The van der Waals surface area contributed by atoms with Gasteiger partial charge in [0.05, 0.1) is 6.04 Å². The minimum absolute atomic E-state index is 0.0815. The second-order valence-corrected chi connectivity index (χ2v) is 9.18. The van der Waals surface area contributed by atoms with Gasteiger partial charge in [-0.1, -0.05) is 11.2 Å². The summed E-state index contributed by atoms with van der Waals surface area (Å²) in [5.41, 5.74) is 0. The standard InChI is InChI=1S/C22H26F3N7O3/c1-12(2)32-21(33-16-5-4-6-17(9-16)34-22(23,24)25)28-19(29-32)27-18-14-7-8-15(18)11-31(10-14)20-26-13(3)30-35-20/h4-6,9,12,14-15,18H,7-8,10-11H2,1-3H3,(H,27,29)/t14-,15+,18?. The highest BCUT2D eigenvalue weighted by molar-refractivity contribution is 5.37. The van der Waals surface area contributed by atoms with E-state index in [0.29, 0.717) is 29.6 Å². The average Bonchev–Trinajstić information content (AvgIpc) is 3.43. The van der Waals surface area contributed by atoms with Gasteiger partial charge in [-0.25, -0.2) is 4.68 Å². The van der Waals surface area contributed by atoms with Gasteiger partial charge in [0.2, 0.25) is 5.95 Å². The Kier molecular flexibility index (Phi) is 5.93. The molecule has 5 rings (SSSR count). The number of aromatic nitrogens is 5. The molecule has 3 heterocycles. The van der Waals surface area contributed by atoms with Gasteiger partial charge in [-0.05, 0) is 57.6 Å². The van der Waals surface area contributed by atoms with Crippen LogP contribution in [-0.4, -0.2) is 50.4 Å². The number of ether oxygens (including phenoxy) is 2. The van der Waals surface area contributed by atoms with Crippen LogP contribution >= 0.6 is 0 Å². The Bertz CT molecular complexity index is 1170. The van der Waals surface area contributed by atoms with Crippen molar-refractivity contribution in [1.29, 1.82) is 0 Å². The van der Waals surface area contributed by atoms with Crippen molar-refractivity contribution in [2.75, 3.05) is 23.3 Å². The molecule has 2 bridgehead atoms. The van der Waals surface area contributed by atoms with Crippen molar-refractivity contribution < 1.29 is 27.2 Å². The Balaban J connectivity index is 1.30. The van der Waals surface area contributed by atoms with E-state index >= 15 is 0 Å². The molecule has 13 heteroatoms. The van der Waals surface area contributed by atoms with Gasteiger partial charge >= 0.3 is 18.4 Å². The fourth-order valence-corrected chi connectivity index (χ4v) is 4.79. The molecule has 3 atom stereocenters. The molecule has 2 aromatic heterocycles. The van der Waals surface area contributed by atoms with E-state index in [1.807, 2.05) is 13.8 Å². The topological polar surface area (TPSA) is 103 Å². The number of aryl methyl sites for hydroxylation is 1. The second-order valence-electron chi connectivity index (χ2n) is 9.18. The maximum Gasteiger partial charge on any atom is 0.573 e. The maximum absolute atomic E-state index is 12.6. The summed E-state index contributed by atoms with van der Waals surface area (Å²) in [6.07, 6.45) is -2.66. The first kappa shape index (κ1) is 23.2. The molecule has 2 fully saturated rings. The van der Waals surface area contributed by atoms with Gasteiger partial charge in [0.15, 0.2) is 5.82 Å². The molecule has 1 aliphatic heterocycles. The molecular formula is C22H26F3N7O3. The molecule has 35 heavy (non-hydrogen) atoms. The van der Waals surface area contributed by atoms with Crippen LogP contribution in [0.3, 0.4) is 0 Å². The number of hydrogen-bond donors (Lipinski definition) is 1. The van der Waals surface area contributed by atoms with E-state index in [4.69, 9.17) is 9.26 Å². The van der Waals surface area contributed by atoms with Crippen molar-refractivity contribution in [1.82, 2.24) is 24.9 Å². The zero-order valence-corrected chi connectivity index (χ0v) is 19.5. The summed E-state index contributed by atoms with van der Waals surface area (Å²) in [6.45, 7) is 7.21. The van der Waals surface area contributed by atoms with Crippen LogP contribution in [0.2, 0.25) is 0 Å². The minimum atomic E-state index is -4.79. The van der Waals surface area contributed by atoms with Crippen LogP contribution in [0, 0.1) is 18.8 Å². The third-order valence-electron chi connectivity index (χ3n) is 6.25. The quantitative estimate of drug-likeness (QED) is 0.507.